The number of thiazole rings is 1. The van der Waals surface area contributed by atoms with Gasteiger partial charge in [-0.1, -0.05) is 0 Å². The molecule has 0 atom stereocenters. The van der Waals surface area contributed by atoms with E-state index in [2.05, 4.69) is 25.5 Å². The Morgan fingerprint density at radius 1 is 1.39 bits per heavy atom. The fourth-order valence-corrected chi connectivity index (χ4v) is 2.89. The molecule has 122 valence electrons. The van der Waals surface area contributed by atoms with Gasteiger partial charge in [-0.3, -0.25) is 0 Å². The van der Waals surface area contributed by atoms with Gasteiger partial charge in [-0.05, 0) is 19.1 Å². The molecule has 0 aliphatic carbocycles. The lowest BCUT2D eigenvalue weighted by molar-refractivity contribution is 0.122. The second-order valence-corrected chi connectivity index (χ2v) is 6.23. The van der Waals surface area contributed by atoms with Gasteiger partial charge in [-0.25, -0.2) is 14.8 Å². The summed E-state index contributed by atoms with van der Waals surface area (Å²) in [6.45, 7) is 5.48. The van der Waals surface area contributed by atoms with Gasteiger partial charge >= 0.3 is 6.03 Å². The molecule has 0 radical (unpaired) electrons. The van der Waals surface area contributed by atoms with Gasteiger partial charge in [0.1, 0.15) is 5.82 Å². The van der Waals surface area contributed by atoms with Crippen molar-refractivity contribution in [3.05, 3.63) is 34.4 Å². The number of morpholine rings is 1. The van der Waals surface area contributed by atoms with Crippen molar-refractivity contribution in [2.75, 3.05) is 36.5 Å². The van der Waals surface area contributed by atoms with E-state index in [1.54, 1.807) is 17.5 Å². The van der Waals surface area contributed by atoms with Gasteiger partial charge in [0.2, 0.25) is 0 Å². The fourth-order valence-electron chi connectivity index (χ4n) is 2.28. The van der Waals surface area contributed by atoms with Crippen molar-refractivity contribution in [1.82, 2.24) is 15.3 Å². The van der Waals surface area contributed by atoms with Crippen LogP contribution in [0, 0.1) is 6.92 Å². The van der Waals surface area contributed by atoms with E-state index in [9.17, 15) is 4.79 Å². The molecule has 2 aromatic rings. The van der Waals surface area contributed by atoms with Gasteiger partial charge in [-0.2, -0.15) is 0 Å². The molecule has 1 saturated heterocycles. The van der Waals surface area contributed by atoms with Crippen LogP contribution in [0.2, 0.25) is 0 Å². The first-order valence-electron chi connectivity index (χ1n) is 7.45. The minimum atomic E-state index is -0.267. The Labute approximate surface area is 138 Å². The summed E-state index contributed by atoms with van der Waals surface area (Å²) in [6, 6.07) is 3.49. The van der Waals surface area contributed by atoms with Crippen LogP contribution in [0.3, 0.4) is 0 Å². The Balaban J connectivity index is 1.50. The van der Waals surface area contributed by atoms with Crippen LogP contribution in [0.25, 0.3) is 0 Å². The number of anilines is 2. The molecule has 2 N–H and O–H groups in total. The first-order valence-corrected chi connectivity index (χ1v) is 8.33. The number of carbonyl (C=O) groups excluding carboxylic acids is 1. The van der Waals surface area contributed by atoms with E-state index in [4.69, 9.17) is 4.74 Å². The van der Waals surface area contributed by atoms with E-state index < -0.39 is 0 Å². The molecule has 0 unspecified atom stereocenters. The summed E-state index contributed by atoms with van der Waals surface area (Å²) in [6.07, 6.45) is 1.66. The Hall–Kier alpha value is -2.19. The Morgan fingerprint density at radius 2 is 2.22 bits per heavy atom. The third-order valence-electron chi connectivity index (χ3n) is 3.44. The highest BCUT2D eigenvalue weighted by atomic mass is 32.1. The molecule has 0 aromatic carbocycles. The molecule has 7 nitrogen and oxygen atoms in total. The topological polar surface area (TPSA) is 79.4 Å². The smallest absolute Gasteiger partial charge is 0.319 e. The maximum atomic E-state index is 11.9. The lowest BCUT2D eigenvalue weighted by Crippen LogP contribution is -2.36. The number of nitrogens with one attached hydrogen (secondary N) is 2. The number of pyridine rings is 1. The highest BCUT2D eigenvalue weighted by Crippen LogP contribution is 2.15. The van der Waals surface area contributed by atoms with Crippen LogP contribution in [0.15, 0.2) is 23.7 Å². The molecule has 0 spiro atoms. The van der Waals surface area contributed by atoms with Gasteiger partial charge in [0.15, 0.2) is 0 Å². The number of urea groups is 1. The zero-order valence-electron chi connectivity index (χ0n) is 12.9. The summed E-state index contributed by atoms with van der Waals surface area (Å²) in [5.41, 5.74) is 1.53. The number of amides is 2. The van der Waals surface area contributed by atoms with Crippen LogP contribution in [-0.2, 0) is 11.3 Å². The summed E-state index contributed by atoms with van der Waals surface area (Å²) in [7, 11) is 0. The summed E-state index contributed by atoms with van der Waals surface area (Å²) in [5, 5.41) is 8.48. The van der Waals surface area contributed by atoms with E-state index in [1.165, 1.54) is 0 Å². The van der Waals surface area contributed by atoms with E-state index in [0.717, 1.165) is 42.8 Å². The number of aryl methyl sites for hydroxylation is 1. The molecule has 2 amide bonds. The van der Waals surface area contributed by atoms with Crippen molar-refractivity contribution < 1.29 is 9.53 Å². The lowest BCUT2D eigenvalue weighted by Gasteiger charge is -2.27. The minimum Gasteiger partial charge on any atom is -0.378 e. The molecule has 1 aliphatic heterocycles. The average Bonchev–Trinajstić information content (AvgIpc) is 3.00. The predicted molar refractivity (Wildman–Crippen MR) is 90.0 cm³/mol. The molecule has 23 heavy (non-hydrogen) atoms. The van der Waals surface area contributed by atoms with Gasteiger partial charge < -0.3 is 20.3 Å². The highest BCUT2D eigenvalue weighted by molar-refractivity contribution is 7.09. The van der Waals surface area contributed by atoms with Crippen molar-refractivity contribution >= 4 is 28.9 Å². The molecule has 3 heterocycles. The number of carbonyl (C=O) groups is 1. The van der Waals surface area contributed by atoms with Gasteiger partial charge in [0.05, 0.1) is 42.3 Å². The van der Waals surface area contributed by atoms with Crippen LogP contribution < -0.4 is 15.5 Å². The third kappa shape index (κ3) is 4.40. The van der Waals surface area contributed by atoms with E-state index in [1.807, 2.05) is 24.4 Å². The van der Waals surface area contributed by atoms with Crippen molar-refractivity contribution in [2.24, 2.45) is 0 Å². The van der Waals surface area contributed by atoms with Gasteiger partial charge in [0.25, 0.3) is 0 Å². The fraction of sp³-hybridized carbons (Fsp3) is 0.400. The van der Waals surface area contributed by atoms with Crippen LogP contribution in [-0.4, -0.2) is 42.3 Å². The highest BCUT2D eigenvalue weighted by Gasteiger charge is 2.12. The predicted octanol–water partition coefficient (Wildman–Crippen LogP) is 2.00. The van der Waals surface area contributed by atoms with Crippen molar-refractivity contribution in [3.63, 3.8) is 0 Å². The Bertz CT molecular complexity index is 652. The molecular weight excluding hydrogens is 314 g/mol. The molecule has 2 aromatic heterocycles. The largest absolute Gasteiger partial charge is 0.378 e. The normalized spacial score (nSPS) is 14.6. The second kappa shape index (κ2) is 7.38. The summed E-state index contributed by atoms with van der Waals surface area (Å²) >= 11 is 1.57. The standard InChI is InChI=1S/C15H19N5O2S/c1-11-18-13(10-23-11)9-17-15(21)19-12-2-3-14(16-8-12)20-4-6-22-7-5-20/h2-3,8,10H,4-7,9H2,1H3,(H2,17,19,21). The van der Waals surface area contributed by atoms with Crippen LogP contribution in [0.5, 0.6) is 0 Å². The van der Waals surface area contributed by atoms with Gasteiger partial charge in [-0.15, -0.1) is 11.3 Å². The van der Waals surface area contributed by atoms with Crippen LogP contribution in [0.4, 0.5) is 16.3 Å². The summed E-state index contributed by atoms with van der Waals surface area (Å²) in [5.74, 6) is 0.900. The average molecular weight is 333 g/mol. The van der Waals surface area contributed by atoms with E-state index in [-0.39, 0.29) is 6.03 Å². The Kier molecular flexibility index (Phi) is 5.04. The van der Waals surface area contributed by atoms with Crippen molar-refractivity contribution in [3.8, 4) is 0 Å². The molecule has 0 saturated carbocycles. The zero-order chi connectivity index (χ0) is 16.1. The van der Waals surface area contributed by atoms with E-state index in [0.29, 0.717) is 12.2 Å². The zero-order valence-corrected chi connectivity index (χ0v) is 13.7. The minimum absolute atomic E-state index is 0.267. The number of nitrogens with zero attached hydrogens (tertiary/aromatic N) is 3. The van der Waals surface area contributed by atoms with Crippen molar-refractivity contribution in [1.29, 1.82) is 0 Å². The Morgan fingerprint density at radius 3 is 2.87 bits per heavy atom. The maximum absolute atomic E-state index is 11.9. The van der Waals surface area contributed by atoms with E-state index >= 15 is 0 Å². The first-order chi connectivity index (χ1) is 11.2. The maximum Gasteiger partial charge on any atom is 0.319 e. The molecule has 1 aliphatic rings. The molecule has 0 bridgehead atoms. The van der Waals surface area contributed by atoms with Crippen LogP contribution in [0.1, 0.15) is 10.7 Å². The van der Waals surface area contributed by atoms with Crippen molar-refractivity contribution in [2.45, 2.75) is 13.5 Å². The quantitative estimate of drug-likeness (QED) is 0.895. The number of hydrogen-bond acceptors (Lipinski definition) is 6. The number of hydrogen-bond donors (Lipinski definition) is 2. The molecule has 8 heteroatoms. The monoisotopic (exact) mass is 333 g/mol. The molecular formula is C15H19N5O2S. The third-order valence-corrected chi connectivity index (χ3v) is 4.26. The SMILES string of the molecule is Cc1nc(CNC(=O)Nc2ccc(N3CCOCC3)nc2)cs1. The molecule has 1 fully saturated rings. The number of rotatable bonds is 4. The summed E-state index contributed by atoms with van der Waals surface area (Å²) in [4.78, 5) is 22.7. The lowest BCUT2D eigenvalue weighted by atomic mass is 10.3. The second-order valence-electron chi connectivity index (χ2n) is 5.17. The molecule has 3 rings (SSSR count). The van der Waals surface area contributed by atoms with Crippen LogP contribution >= 0.6 is 11.3 Å². The first kappa shape index (κ1) is 15.7. The van der Waals surface area contributed by atoms with Gasteiger partial charge in [0, 0.05) is 18.5 Å². The summed E-state index contributed by atoms with van der Waals surface area (Å²) < 4.78 is 5.32. The number of aromatic nitrogens is 2. The number of ether oxygens (including phenoxy) is 1.